The van der Waals surface area contributed by atoms with Crippen molar-refractivity contribution in [3.63, 3.8) is 0 Å². The van der Waals surface area contributed by atoms with Crippen molar-refractivity contribution in [1.29, 1.82) is 0 Å². The van der Waals surface area contributed by atoms with Gasteiger partial charge in [-0.25, -0.2) is 9.97 Å². The Kier molecular flexibility index (Phi) is 3.23. The third kappa shape index (κ3) is 2.63. The zero-order valence-corrected chi connectivity index (χ0v) is 10.3. The summed E-state index contributed by atoms with van der Waals surface area (Å²) in [6.07, 6.45) is 7.01. The van der Waals surface area contributed by atoms with Crippen molar-refractivity contribution < 1.29 is 4.74 Å². The molecule has 2 aromatic heterocycles. The molecule has 0 atom stereocenters. The van der Waals surface area contributed by atoms with Crippen LogP contribution in [0.25, 0.3) is 5.82 Å². The number of imidazole rings is 1. The van der Waals surface area contributed by atoms with Crippen LogP contribution in [-0.4, -0.2) is 14.5 Å². The highest BCUT2D eigenvalue weighted by atomic mass is 16.5. The highest BCUT2D eigenvalue weighted by Gasteiger charge is 2.06. The number of nitrogens with zero attached hydrogens (tertiary/aromatic N) is 3. The average molecular weight is 251 g/mol. The predicted octanol–water partition coefficient (Wildman–Crippen LogP) is 2.85. The summed E-state index contributed by atoms with van der Waals surface area (Å²) in [6.45, 7) is 0.522. The number of pyridine rings is 1. The quantitative estimate of drug-likeness (QED) is 0.715. The monoisotopic (exact) mass is 251 g/mol. The summed E-state index contributed by atoms with van der Waals surface area (Å²) in [5.41, 5.74) is 1.13. The SMILES string of the molecule is c1ccc(COc2cccnc2-n2ccnc2)cc1. The van der Waals surface area contributed by atoms with Crippen molar-refractivity contribution >= 4 is 0 Å². The molecule has 0 aliphatic rings. The molecule has 0 saturated heterocycles. The second-order valence-corrected chi connectivity index (χ2v) is 4.07. The molecule has 4 nitrogen and oxygen atoms in total. The maximum absolute atomic E-state index is 5.84. The predicted molar refractivity (Wildman–Crippen MR) is 72.1 cm³/mol. The Morgan fingerprint density at radius 2 is 1.89 bits per heavy atom. The summed E-state index contributed by atoms with van der Waals surface area (Å²) in [4.78, 5) is 8.36. The van der Waals surface area contributed by atoms with Gasteiger partial charge >= 0.3 is 0 Å². The van der Waals surface area contributed by atoms with Crippen LogP contribution >= 0.6 is 0 Å². The van der Waals surface area contributed by atoms with Gasteiger partial charge in [0.2, 0.25) is 0 Å². The van der Waals surface area contributed by atoms with Crippen molar-refractivity contribution in [3.05, 3.63) is 72.9 Å². The molecule has 0 amide bonds. The molecule has 0 N–H and O–H groups in total. The lowest BCUT2D eigenvalue weighted by atomic mass is 10.2. The topological polar surface area (TPSA) is 39.9 Å². The zero-order chi connectivity index (χ0) is 12.9. The molecular weight excluding hydrogens is 238 g/mol. The Hall–Kier alpha value is -2.62. The molecule has 2 heterocycles. The Morgan fingerprint density at radius 3 is 2.68 bits per heavy atom. The molecule has 0 bridgehead atoms. The highest BCUT2D eigenvalue weighted by molar-refractivity contribution is 5.39. The van der Waals surface area contributed by atoms with Gasteiger partial charge in [-0.2, -0.15) is 0 Å². The van der Waals surface area contributed by atoms with Crippen LogP contribution in [0.2, 0.25) is 0 Å². The summed E-state index contributed by atoms with van der Waals surface area (Å²) < 4.78 is 7.67. The number of rotatable bonds is 4. The van der Waals surface area contributed by atoms with Gasteiger partial charge in [0, 0.05) is 18.6 Å². The van der Waals surface area contributed by atoms with Crippen LogP contribution in [0.15, 0.2) is 67.4 Å². The number of hydrogen-bond donors (Lipinski definition) is 0. The first kappa shape index (κ1) is 11.5. The first-order valence-corrected chi connectivity index (χ1v) is 6.03. The minimum absolute atomic E-state index is 0.522. The maximum Gasteiger partial charge on any atom is 0.180 e. The van der Waals surface area contributed by atoms with Gasteiger partial charge in [-0.1, -0.05) is 30.3 Å². The molecule has 3 aromatic rings. The van der Waals surface area contributed by atoms with Gasteiger partial charge in [0.15, 0.2) is 11.6 Å². The van der Waals surface area contributed by atoms with E-state index in [2.05, 4.69) is 9.97 Å². The van der Waals surface area contributed by atoms with E-state index in [1.165, 1.54) is 0 Å². The van der Waals surface area contributed by atoms with Crippen LogP contribution in [0, 0.1) is 0 Å². The van der Waals surface area contributed by atoms with Crippen LogP contribution in [0.4, 0.5) is 0 Å². The van der Waals surface area contributed by atoms with E-state index in [0.29, 0.717) is 6.61 Å². The molecule has 3 rings (SSSR count). The van der Waals surface area contributed by atoms with Crippen molar-refractivity contribution in [2.45, 2.75) is 6.61 Å². The van der Waals surface area contributed by atoms with E-state index in [0.717, 1.165) is 17.1 Å². The van der Waals surface area contributed by atoms with Gasteiger partial charge in [0.05, 0.1) is 0 Å². The Morgan fingerprint density at radius 1 is 1.00 bits per heavy atom. The summed E-state index contributed by atoms with van der Waals surface area (Å²) in [5, 5.41) is 0. The Bertz CT molecular complexity index is 636. The lowest BCUT2D eigenvalue weighted by Gasteiger charge is -2.10. The molecule has 0 saturated carbocycles. The van der Waals surface area contributed by atoms with E-state index >= 15 is 0 Å². The molecule has 19 heavy (non-hydrogen) atoms. The molecule has 0 radical (unpaired) electrons. The lowest BCUT2D eigenvalue weighted by molar-refractivity contribution is 0.304. The fraction of sp³-hybridized carbons (Fsp3) is 0.0667. The molecule has 0 unspecified atom stereocenters. The van der Waals surface area contributed by atoms with Gasteiger partial charge in [-0.3, -0.25) is 4.57 Å². The summed E-state index contributed by atoms with van der Waals surface area (Å²) in [6, 6.07) is 13.8. The molecule has 0 spiro atoms. The van der Waals surface area contributed by atoms with Crippen LogP contribution in [0.5, 0.6) is 5.75 Å². The van der Waals surface area contributed by atoms with Crippen LogP contribution in [0.1, 0.15) is 5.56 Å². The van der Waals surface area contributed by atoms with Crippen molar-refractivity contribution in [2.75, 3.05) is 0 Å². The second-order valence-electron chi connectivity index (χ2n) is 4.07. The van der Waals surface area contributed by atoms with Crippen LogP contribution < -0.4 is 4.74 Å². The molecule has 0 aliphatic carbocycles. The van der Waals surface area contributed by atoms with E-state index in [-0.39, 0.29) is 0 Å². The van der Waals surface area contributed by atoms with E-state index in [4.69, 9.17) is 4.74 Å². The van der Waals surface area contributed by atoms with Crippen LogP contribution in [-0.2, 0) is 6.61 Å². The number of benzene rings is 1. The van der Waals surface area contributed by atoms with E-state index in [9.17, 15) is 0 Å². The third-order valence-corrected chi connectivity index (χ3v) is 2.74. The number of hydrogen-bond acceptors (Lipinski definition) is 3. The first-order valence-electron chi connectivity index (χ1n) is 6.03. The minimum atomic E-state index is 0.522. The largest absolute Gasteiger partial charge is 0.485 e. The van der Waals surface area contributed by atoms with E-state index in [1.54, 1.807) is 18.7 Å². The fourth-order valence-corrected chi connectivity index (χ4v) is 1.81. The van der Waals surface area contributed by atoms with Crippen molar-refractivity contribution in [1.82, 2.24) is 14.5 Å². The van der Waals surface area contributed by atoms with Crippen LogP contribution in [0.3, 0.4) is 0 Å². The average Bonchev–Trinajstić information content (AvgIpc) is 3.01. The van der Waals surface area contributed by atoms with Gasteiger partial charge < -0.3 is 4.74 Å². The van der Waals surface area contributed by atoms with Gasteiger partial charge in [-0.05, 0) is 17.7 Å². The smallest absolute Gasteiger partial charge is 0.180 e. The third-order valence-electron chi connectivity index (χ3n) is 2.74. The lowest BCUT2D eigenvalue weighted by Crippen LogP contribution is -2.01. The van der Waals surface area contributed by atoms with Gasteiger partial charge in [0.1, 0.15) is 12.9 Å². The minimum Gasteiger partial charge on any atom is -0.485 e. The Balaban J connectivity index is 1.82. The normalized spacial score (nSPS) is 10.3. The van der Waals surface area contributed by atoms with Crippen molar-refractivity contribution in [2.24, 2.45) is 0 Å². The molecule has 1 aromatic carbocycles. The maximum atomic E-state index is 5.84. The highest BCUT2D eigenvalue weighted by Crippen LogP contribution is 2.20. The summed E-state index contributed by atoms with van der Waals surface area (Å²) >= 11 is 0. The van der Waals surface area contributed by atoms with Gasteiger partial charge in [0.25, 0.3) is 0 Å². The zero-order valence-electron chi connectivity index (χ0n) is 10.3. The van der Waals surface area contributed by atoms with E-state index < -0.39 is 0 Å². The molecular formula is C15H13N3O. The van der Waals surface area contributed by atoms with Gasteiger partial charge in [-0.15, -0.1) is 0 Å². The molecule has 0 fully saturated rings. The molecule has 94 valence electrons. The summed E-state index contributed by atoms with van der Waals surface area (Å²) in [5.74, 6) is 1.49. The van der Waals surface area contributed by atoms with E-state index in [1.807, 2.05) is 53.2 Å². The molecule has 4 heteroatoms. The van der Waals surface area contributed by atoms with Crippen molar-refractivity contribution in [3.8, 4) is 11.6 Å². The Labute approximate surface area is 111 Å². The molecule has 0 aliphatic heterocycles. The number of ether oxygens (including phenoxy) is 1. The first-order chi connectivity index (χ1) is 9.43. The summed E-state index contributed by atoms with van der Waals surface area (Å²) in [7, 11) is 0. The fourth-order valence-electron chi connectivity index (χ4n) is 1.81. The standard InChI is InChI=1S/C15H13N3O/c1-2-5-13(6-3-1)11-19-14-7-4-8-17-15(14)18-10-9-16-12-18/h1-10,12H,11H2. The number of aromatic nitrogens is 3. The second kappa shape index (κ2) is 5.35.